The summed E-state index contributed by atoms with van der Waals surface area (Å²) in [6, 6.07) is 5.82. The van der Waals surface area contributed by atoms with Gasteiger partial charge in [0.05, 0.1) is 16.8 Å². The second-order valence-electron chi connectivity index (χ2n) is 6.23. The van der Waals surface area contributed by atoms with Gasteiger partial charge in [0.15, 0.2) is 11.0 Å². The van der Waals surface area contributed by atoms with Crippen molar-refractivity contribution in [3.05, 3.63) is 40.2 Å². The first-order valence-corrected chi connectivity index (χ1v) is 9.78. The summed E-state index contributed by atoms with van der Waals surface area (Å²) in [5, 5.41) is 22.3. The highest BCUT2D eigenvalue weighted by Crippen LogP contribution is 2.20. The largest absolute Gasteiger partial charge is 0.486 e. The second-order valence-corrected chi connectivity index (χ2v) is 7.17. The maximum Gasteiger partial charge on any atom is 0.269 e. The number of nitro groups is 1. The number of non-ortho nitro benzene ring substituents is 1. The van der Waals surface area contributed by atoms with Gasteiger partial charge in [-0.25, -0.2) is 0 Å². The van der Waals surface area contributed by atoms with E-state index in [1.165, 1.54) is 36.0 Å². The van der Waals surface area contributed by atoms with Crippen LogP contribution in [0.2, 0.25) is 0 Å². The molecule has 1 saturated heterocycles. The molecular weight excluding hydrogens is 386 g/mol. The Morgan fingerprint density at radius 2 is 2.21 bits per heavy atom. The van der Waals surface area contributed by atoms with Crippen molar-refractivity contribution < 1.29 is 19.2 Å². The number of rotatable bonds is 9. The Labute approximate surface area is 165 Å². The van der Waals surface area contributed by atoms with E-state index >= 15 is 0 Å². The SMILES string of the molecule is Cn1c(COc2ccc([N+](=O)[O-])cc2)nnc1SCC(=O)NC[C@H]1CCCO1. The number of carbonyl (C=O) groups excluding carboxylic acids is 1. The number of carbonyl (C=O) groups is 1. The van der Waals surface area contributed by atoms with E-state index in [1.807, 2.05) is 0 Å². The molecule has 11 heteroatoms. The van der Waals surface area contributed by atoms with Crippen LogP contribution in [-0.4, -0.2) is 50.6 Å². The molecule has 1 aromatic heterocycles. The summed E-state index contributed by atoms with van der Waals surface area (Å²) in [6.07, 6.45) is 2.14. The molecular formula is C17H21N5O5S. The lowest BCUT2D eigenvalue weighted by molar-refractivity contribution is -0.384. The summed E-state index contributed by atoms with van der Waals surface area (Å²) in [6.45, 7) is 1.46. The van der Waals surface area contributed by atoms with Gasteiger partial charge in [-0.15, -0.1) is 10.2 Å². The predicted octanol–water partition coefficient (Wildman–Crippen LogP) is 1.69. The maximum atomic E-state index is 12.0. The number of aromatic nitrogens is 3. The number of thioether (sulfide) groups is 1. The zero-order valence-electron chi connectivity index (χ0n) is 15.4. The third-order valence-electron chi connectivity index (χ3n) is 4.22. The second kappa shape index (κ2) is 9.51. The molecule has 3 rings (SSSR count). The monoisotopic (exact) mass is 407 g/mol. The number of nitro benzene ring substituents is 1. The van der Waals surface area contributed by atoms with Gasteiger partial charge in [-0.3, -0.25) is 14.9 Å². The molecule has 150 valence electrons. The molecule has 1 aliphatic heterocycles. The highest BCUT2D eigenvalue weighted by molar-refractivity contribution is 7.99. The molecule has 1 aliphatic rings. The average molecular weight is 407 g/mol. The van der Waals surface area contributed by atoms with Gasteiger partial charge >= 0.3 is 0 Å². The molecule has 0 unspecified atom stereocenters. The molecule has 0 spiro atoms. The third kappa shape index (κ3) is 5.42. The highest BCUT2D eigenvalue weighted by atomic mass is 32.2. The first-order valence-electron chi connectivity index (χ1n) is 8.79. The van der Waals surface area contributed by atoms with Crippen molar-refractivity contribution in [1.82, 2.24) is 20.1 Å². The maximum absolute atomic E-state index is 12.0. The number of hydrogen-bond acceptors (Lipinski definition) is 8. The Kier molecular flexibility index (Phi) is 6.82. The molecule has 1 N–H and O–H groups in total. The number of nitrogens with one attached hydrogen (secondary N) is 1. The van der Waals surface area contributed by atoms with Crippen molar-refractivity contribution >= 4 is 23.4 Å². The van der Waals surface area contributed by atoms with E-state index in [4.69, 9.17) is 9.47 Å². The van der Waals surface area contributed by atoms with E-state index in [1.54, 1.807) is 11.6 Å². The highest BCUT2D eigenvalue weighted by Gasteiger charge is 2.17. The van der Waals surface area contributed by atoms with Crippen LogP contribution in [0.4, 0.5) is 5.69 Å². The summed E-state index contributed by atoms with van der Waals surface area (Å²) in [5.74, 6) is 1.24. The summed E-state index contributed by atoms with van der Waals surface area (Å²) in [4.78, 5) is 22.2. The molecule has 2 aromatic rings. The van der Waals surface area contributed by atoms with Crippen molar-refractivity contribution in [2.45, 2.75) is 30.7 Å². The van der Waals surface area contributed by atoms with E-state index in [0.29, 0.717) is 23.3 Å². The van der Waals surface area contributed by atoms with E-state index in [2.05, 4.69) is 15.5 Å². The Bertz CT molecular complexity index is 820. The van der Waals surface area contributed by atoms with Gasteiger partial charge in [-0.1, -0.05) is 11.8 Å². The summed E-state index contributed by atoms with van der Waals surface area (Å²) >= 11 is 1.29. The first kappa shape index (κ1) is 20.1. The van der Waals surface area contributed by atoms with Crippen molar-refractivity contribution in [2.24, 2.45) is 7.05 Å². The lowest BCUT2D eigenvalue weighted by Gasteiger charge is -2.10. The molecule has 0 saturated carbocycles. The molecule has 1 amide bonds. The van der Waals surface area contributed by atoms with Crippen LogP contribution in [0.3, 0.4) is 0 Å². The Morgan fingerprint density at radius 3 is 2.89 bits per heavy atom. The van der Waals surface area contributed by atoms with Crippen LogP contribution in [0.1, 0.15) is 18.7 Å². The topological polar surface area (TPSA) is 121 Å². The lowest BCUT2D eigenvalue weighted by atomic mass is 10.2. The standard InChI is InChI=1S/C17H21N5O5S/c1-21-15(10-27-13-6-4-12(5-7-13)22(24)25)19-20-17(21)28-11-16(23)18-9-14-3-2-8-26-14/h4-7,14H,2-3,8-11H2,1H3,(H,18,23)/t14-/m1/s1. The number of hydrogen-bond donors (Lipinski definition) is 1. The minimum atomic E-state index is -0.465. The van der Waals surface area contributed by atoms with Gasteiger partial charge in [-0.2, -0.15) is 0 Å². The minimum Gasteiger partial charge on any atom is -0.486 e. The smallest absolute Gasteiger partial charge is 0.269 e. The van der Waals surface area contributed by atoms with Crippen LogP contribution in [-0.2, 0) is 23.2 Å². The Morgan fingerprint density at radius 1 is 1.43 bits per heavy atom. The van der Waals surface area contributed by atoms with Crippen LogP contribution >= 0.6 is 11.8 Å². The first-order chi connectivity index (χ1) is 13.5. The van der Waals surface area contributed by atoms with Crippen molar-refractivity contribution in [3.8, 4) is 5.75 Å². The minimum absolute atomic E-state index is 0.00228. The molecule has 0 bridgehead atoms. The van der Waals surface area contributed by atoms with Crippen LogP contribution in [0.15, 0.2) is 29.4 Å². The van der Waals surface area contributed by atoms with Crippen molar-refractivity contribution in [2.75, 3.05) is 18.9 Å². The number of amides is 1. The fourth-order valence-electron chi connectivity index (χ4n) is 2.62. The van der Waals surface area contributed by atoms with Crippen LogP contribution in [0, 0.1) is 10.1 Å². The van der Waals surface area contributed by atoms with E-state index in [9.17, 15) is 14.9 Å². The molecule has 1 fully saturated rings. The van der Waals surface area contributed by atoms with Crippen LogP contribution < -0.4 is 10.1 Å². The summed E-state index contributed by atoms with van der Waals surface area (Å²) in [5.41, 5.74) is 0.00228. The van der Waals surface area contributed by atoms with Gasteiger partial charge in [0.1, 0.15) is 12.4 Å². The molecule has 2 heterocycles. The van der Waals surface area contributed by atoms with Crippen LogP contribution in [0.5, 0.6) is 5.75 Å². The Hall–Kier alpha value is -2.66. The number of benzene rings is 1. The summed E-state index contributed by atoms with van der Waals surface area (Å²) < 4.78 is 12.8. The number of ether oxygens (including phenoxy) is 2. The van der Waals surface area contributed by atoms with Crippen LogP contribution in [0.25, 0.3) is 0 Å². The van der Waals surface area contributed by atoms with Crippen molar-refractivity contribution in [3.63, 3.8) is 0 Å². The zero-order valence-corrected chi connectivity index (χ0v) is 16.2. The average Bonchev–Trinajstić information content (AvgIpc) is 3.33. The van der Waals surface area contributed by atoms with E-state index in [-0.39, 0.29) is 30.1 Å². The van der Waals surface area contributed by atoms with Gasteiger partial charge < -0.3 is 19.4 Å². The van der Waals surface area contributed by atoms with Gasteiger partial charge in [-0.05, 0) is 25.0 Å². The molecule has 1 aromatic carbocycles. The summed E-state index contributed by atoms with van der Waals surface area (Å²) in [7, 11) is 1.79. The van der Waals surface area contributed by atoms with Gasteiger partial charge in [0, 0.05) is 32.3 Å². The quantitative estimate of drug-likeness (QED) is 0.379. The predicted molar refractivity (Wildman–Crippen MR) is 101 cm³/mol. The molecule has 0 radical (unpaired) electrons. The molecule has 0 aliphatic carbocycles. The van der Waals surface area contributed by atoms with Crippen molar-refractivity contribution in [1.29, 1.82) is 0 Å². The molecule has 1 atom stereocenters. The Balaban J connectivity index is 1.45. The lowest BCUT2D eigenvalue weighted by Crippen LogP contribution is -2.32. The zero-order chi connectivity index (χ0) is 19.9. The molecule has 28 heavy (non-hydrogen) atoms. The van der Waals surface area contributed by atoms with E-state index in [0.717, 1.165) is 19.4 Å². The number of nitrogens with zero attached hydrogens (tertiary/aromatic N) is 4. The fraction of sp³-hybridized carbons (Fsp3) is 0.471. The third-order valence-corrected chi connectivity index (χ3v) is 5.24. The fourth-order valence-corrected chi connectivity index (χ4v) is 3.38. The van der Waals surface area contributed by atoms with E-state index < -0.39 is 4.92 Å². The normalized spacial score (nSPS) is 16.1. The molecule has 10 nitrogen and oxygen atoms in total. The van der Waals surface area contributed by atoms with Gasteiger partial charge in [0.2, 0.25) is 5.91 Å². The van der Waals surface area contributed by atoms with Gasteiger partial charge in [0.25, 0.3) is 5.69 Å².